The van der Waals surface area contributed by atoms with Gasteiger partial charge in [-0.1, -0.05) is 11.6 Å². The SMILES string of the molecule is C[C@@H](OC(=O)c1ccc(F)cc1)C(=O)Nc1ccc(Cl)cc1. The monoisotopic (exact) mass is 321 g/mol. The van der Waals surface area contributed by atoms with Crippen LogP contribution < -0.4 is 5.32 Å². The van der Waals surface area contributed by atoms with Gasteiger partial charge in [-0.15, -0.1) is 0 Å². The largest absolute Gasteiger partial charge is 0.449 e. The van der Waals surface area contributed by atoms with Crippen LogP contribution in [0.1, 0.15) is 17.3 Å². The zero-order valence-electron chi connectivity index (χ0n) is 11.7. The Labute approximate surface area is 131 Å². The Hall–Kier alpha value is -2.40. The van der Waals surface area contributed by atoms with Crippen molar-refractivity contribution in [2.45, 2.75) is 13.0 Å². The Morgan fingerprint density at radius 1 is 1.09 bits per heavy atom. The molecule has 0 fully saturated rings. The second kappa shape index (κ2) is 7.04. The maximum atomic E-state index is 12.8. The number of carbonyl (C=O) groups excluding carboxylic acids is 2. The smallest absolute Gasteiger partial charge is 0.338 e. The maximum Gasteiger partial charge on any atom is 0.338 e. The molecule has 1 atom stereocenters. The number of ether oxygens (including phenoxy) is 1. The fourth-order valence-electron chi connectivity index (χ4n) is 1.65. The van der Waals surface area contributed by atoms with Crippen LogP contribution in [0, 0.1) is 5.82 Å². The third-order valence-corrected chi connectivity index (χ3v) is 3.10. The highest BCUT2D eigenvalue weighted by molar-refractivity contribution is 6.30. The van der Waals surface area contributed by atoms with Crippen LogP contribution in [0.25, 0.3) is 0 Å². The number of carbonyl (C=O) groups is 2. The van der Waals surface area contributed by atoms with Crippen molar-refractivity contribution < 1.29 is 18.7 Å². The van der Waals surface area contributed by atoms with Gasteiger partial charge >= 0.3 is 5.97 Å². The molecule has 2 aromatic rings. The molecular formula is C16H13ClFNO3. The fourth-order valence-corrected chi connectivity index (χ4v) is 1.77. The van der Waals surface area contributed by atoms with E-state index in [1.165, 1.54) is 19.1 Å². The summed E-state index contributed by atoms with van der Waals surface area (Å²) in [4.78, 5) is 23.8. The van der Waals surface area contributed by atoms with Crippen LogP contribution in [0.3, 0.4) is 0 Å². The van der Waals surface area contributed by atoms with E-state index >= 15 is 0 Å². The molecule has 0 saturated heterocycles. The molecule has 0 radical (unpaired) electrons. The second-order valence-corrected chi connectivity index (χ2v) is 4.99. The van der Waals surface area contributed by atoms with Gasteiger partial charge in [0.15, 0.2) is 6.10 Å². The molecule has 6 heteroatoms. The minimum atomic E-state index is -0.992. The molecular weight excluding hydrogens is 309 g/mol. The number of benzene rings is 2. The van der Waals surface area contributed by atoms with Crippen LogP contribution in [0.15, 0.2) is 48.5 Å². The number of anilines is 1. The van der Waals surface area contributed by atoms with Crippen LogP contribution in [-0.4, -0.2) is 18.0 Å². The lowest BCUT2D eigenvalue weighted by Crippen LogP contribution is -2.30. The summed E-state index contributed by atoms with van der Waals surface area (Å²) in [6, 6.07) is 11.4. The third kappa shape index (κ3) is 4.30. The summed E-state index contributed by atoms with van der Waals surface area (Å²) in [5.41, 5.74) is 0.714. The lowest BCUT2D eigenvalue weighted by molar-refractivity contribution is -0.123. The Morgan fingerprint density at radius 3 is 2.27 bits per heavy atom. The van der Waals surface area contributed by atoms with Gasteiger partial charge in [0.2, 0.25) is 0 Å². The number of esters is 1. The molecule has 2 aromatic carbocycles. The Kier molecular flexibility index (Phi) is 5.12. The van der Waals surface area contributed by atoms with Gasteiger partial charge in [-0.3, -0.25) is 4.79 Å². The van der Waals surface area contributed by atoms with E-state index in [1.807, 2.05) is 0 Å². The first-order chi connectivity index (χ1) is 10.5. The predicted octanol–water partition coefficient (Wildman–Crippen LogP) is 3.66. The first kappa shape index (κ1) is 16.0. The van der Waals surface area contributed by atoms with Crippen molar-refractivity contribution in [2.24, 2.45) is 0 Å². The van der Waals surface area contributed by atoms with Gasteiger partial charge < -0.3 is 10.1 Å². The van der Waals surface area contributed by atoms with Gasteiger partial charge in [-0.25, -0.2) is 9.18 Å². The van der Waals surface area contributed by atoms with Crippen molar-refractivity contribution in [3.8, 4) is 0 Å². The van der Waals surface area contributed by atoms with E-state index in [-0.39, 0.29) is 5.56 Å². The molecule has 0 unspecified atom stereocenters. The molecule has 2 rings (SSSR count). The number of halogens is 2. The van der Waals surface area contributed by atoms with Gasteiger partial charge in [-0.2, -0.15) is 0 Å². The molecule has 114 valence electrons. The zero-order chi connectivity index (χ0) is 16.1. The van der Waals surface area contributed by atoms with E-state index in [0.717, 1.165) is 12.1 Å². The van der Waals surface area contributed by atoms with Crippen molar-refractivity contribution >= 4 is 29.2 Å². The minimum absolute atomic E-state index is 0.174. The first-order valence-electron chi connectivity index (χ1n) is 6.48. The Morgan fingerprint density at radius 2 is 1.68 bits per heavy atom. The summed E-state index contributed by atoms with van der Waals surface area (Å²) in [5.74, 6) is -1.62. The van der Waals surface area contributed by atoms with Gasteiger partial charge in [-0.05, 0) is 55.5 Å². The van der Waals surface area contributed by atoms with Crippen LogP contribution >= 0.6 is 11.6 Å². The van der Waals surface area contributed by atoms with Crippen LogP contribution in [0.2, 0.25) is 5.02 Å². The lowest BCUT2D eigenvalue weighted by atomic mass is 10.2. The normalized spacial score (nSPS) is 11.6. The van der Waals surface area contributed by atoms with E-state index in [0.29, 0.717) is 10.7 Å². The van der Waals surface area contributed by atoms with Crippen molar-refractivity contribution in [1.82, 2.24) is 0 Å². The number of nitrogens with one attached hydrogen (secondary N) is 1. The van der Waals surface area contributed by atoms with Crippen molar-refractivity contribution in [2.75, 3.05) is 5.32 Å². The molecule has 0 aliphatic rings. The molecule has 1 amide bonds. The quantitative estimate of drug-likeness (QED) is 0.874. The van der Waals surface area contributed by atoms with Gasteiger partial charge in [0.25, 0.3) is 5.91 Å². The molecule has 0 aliphatic carbocycles. The standard InChI is InChI=1S/C16H13ClFNO3/c1-10(15(20)19-14-8-4-12(17)5-9-14)22-16(21)11-2-6-13(18)7-3-11/h2-10H,1H3,(H,19,20)/t10-/m1/s1. The first-order valence-corrected chi connectivity index (χ1v) is 6.86. The van der Waals surface area contributed by atoms with Crippen LogP contribution in [0.5, 0.6) is 0 Å². The van der Waals surface area contributed by atoms with E-state index in [9.17, 15) is 14.0 Å². The molecule has 0 heterocycles. The summed E-state index contributed by atoms with van der Waals surface area (Å²) >= 11 is 5.75. The van der Waals surface area contributed by atoms with Gasteiger partial charge in [0.1, 0.15) is 5.82 Å². The zero-order valence-corrected chi connectivity index (χ0v) is 12.4. The van der Waals surface area contributed by atoms with E-state index in [4.69, 9.17) is 16.3 Å². The molecule has 0 aliphatic heterocycles. The highest BCUT2D eigenvalue weighted by atomic mass is 35.5. The predicted molar refractivity (Wildman–Crippen MR) is 81.4 cm³/mol. The number of hydrogen-bond donors (Lipinski definition) is 1. The topological polar surface area (TPSA) is 55.4 Å². The van der Waals surface area contributed by atoms with E-state index < -0.39 is 23.8 Å². The fraction of sp³-hybridized carbons (Fsp3) is 0.125. The molecule has 4 nitrogen and oxygen atoms in total. The number of hydrogen-bond acceptors (Lipinski definition) is 3. The van der Waals surface area contributed by atoms with Crippen LogP contribution in [0.4, 0.5) is 10.1 Å². The molecule has 1 N–H and O–H groups in total. The molecule has 0 aromatic heterocycles. The van der Waals surface area contributed by atoms with Gasteiger partial charge in [0.05, 0.1) is 5.56 Å². The summed E-state index contributed by atoms with van der Waals surface area (Å²) in [6.07, 6.45) is -0.992. The number of rotatable bonds is 4. The Bertz CT molecular complexity index is 671. The van der Waals surface area contributed by atoms with E-state index in [1.54, 1.807) is 24.3 Å². The summed E-state index contributed by atoms with van der Waals surface area (Å²) < 4.78 is 17.8. The average molecular weight is 322 g/mol. The second-order valence-electron chi connectivity index (χ2n) is 4.55. The van der Waals surface area contributed by atoms with Gasteiger partial charge in [0, 0.05) is 10.7 Å². The lowest BCUT2D eigenvalue weighted by Gasteiger charge is -2.13. The summed E-state index contributed by atoms with van der Waals surface area (Å²) in [5, 5.41) is 3.15. The molecule has 0 spiro atoms. The highest BCUT2D eigenvalue weighted by Crippen LogP contribution is 2.14. The third-order valence-electron chi connectivity index (χ3n) is 2.84. The van der Waals surface area contributed by atoms with E-state index in [2.05, 4.69) is 5.32 Å². The minimum Gasteiger partial charge on any atom is -0.449 e. The summed E-state index contributed by atoms with van der Waals surface area (Å²) in [7, 11) is 0. The molecule has 0 bridgehead atoms. The average Bonchev–Trinajstić information content (AvgIpc) is 2.50. The highest BCUT2D eigenvalue weighted by Gasteiger charge is 2.19. The van der Waals surface area contributed by atoms with Crippen molar-refractivity contribution in [3.05, 3.63) is 64.9 Å². The summed E-state index contributed by atoms with van der Waals surface area (Å²) in [6.45, 7) is 1.45. The number of amides is 1. The molecule has 0 saturated carbocycles. The maximum absolute atomic E-state index is 12.8. The van der Waals surface area contributed by atoms with Crippen molar-refractivity contribution in [1.29, 1.82) is 0 Å². The van der Waals surface area contributed by atoms with Crippen molar-refractivity contribution in [3.63, 3.8) is 0 Å². The van der Waals surface area contributed by atoms with Crippen LogP contribution in [-0.2, 0) is 9.53 Å². The molecule has 22 heavy (non-hydrogen) atoms. The Balaban J connectivity index is 1.94.